The van der Waals surface area contributed by atoms with Crippen molar-refractivity contribution in [2.75, 3.05) is 7.11 Å². The van der Waals surface area contributed by atoms with Crippen molar-refractivity contribution in [1.82, 2.24) is 0 Å². The van der Waals surface area contributed by atoms with Gasteiger partial charge >= 0.3 is 0 Å². The van der Waals surface area contributed by atoms with Gasteiger partial charge in [0.2, 0.25) is 0 Å². The van der Waals surface area contributed by atoms with Gasteiger partial charge in [-0.05, 0) is 35.1 Å². The van der Waals surface area contributed by atoms with E-state index in [1.54, 1.807) is 7.11 Å². The summed E-state index contributed by atoms with van der Waals surface area (Å²) in [5.41, 5.74) is 3.28. The van der Waals surface area contributed by atoms with Gasteiger partial charge in [-0.1, -0.05) is 19.9 Å². The van der Waals surface area contributed by atoms with Gasteiger partial charge in [-0.2, -0.15) is 0 Å². The van der Waals surface area contributed by atoms with Crippen LogP contribution in [0.4, 0.5) is 0 Å². The number of ether oxygens (including phenoxy) is 1. The molecule has 0 heterocycles. The lowest BCUT2D eigenvalue weighted by Gasteiger charge is -2.38. The molecule has 64 valence electrons. The van der Waals surface area contributed by atoms with E-state index in [0.717, 1.165) is 5.75 Å². The van der Waals surface area contributed by atoms with Gasteiger partial charge < -0.3 is 4.74 Å². The molecule has 0 aliphatic heterocycles. The molecule has 2 rings (SSSR count). The third-order valence-electron chi connectivity index (χ3n) is 2.68. The van der Waals surface area contributed by atoms with Gasteiger partial charge in [-0.3, -0.25) is 0 Å². The van der Waals surface area contributed by atoms with Crippen molar-refractivity contribution < 1.29 is 4.74 Å². The molecule has 0 radical (unpaired) electrons. The Morgan fingerprint density at radius 1 is 1.33 bits per heavy atom. The minimum atomic E-state index is 0.365. The Labute approximate surface area is 73.4 Å². The zero-order valence-electron chi connectivity index (χ0n) is 7.85. The van der Waals surface area contributed by atoms with Crippen LogP contribution in [0.3, 0.4) is 0 Å². The predicted molar refractivity (Wildman–Crippen MR) is 49.7 cm³/mol. The van der Waals surface area contributed by atoms with E-state index in [1.165, 1.54) is 17.5 Å². The summed E-state index contributed by atoms with van der Waals surface area (Å²) in [4.78, 5) is 0. The Kier molecular flexibility index (Phi) is 1.44. The molecule has 0 aromatic heterocycles. The second-order valence-electron chi connectivity index (χ2n) is 4.08. The maximum atomic E-state index is 5.18. The van der Waals surface area contributed by atoms with Crippen LogP contribution in [-0.4, -0.2) is 7.11 Å². The van der Waals surface area contributed by atoms with Crippen LogP contribution >= 0.6 is 0 Å². The third kappa shape index (κ3) is 0.927. The van der Waals surface area contributed by atoms with Crippen LogP contribution in [0.5, 0.6) is 5.75 Å². The number of hydrogen-bond acceptors (Lipinski definition) is 1. The summed E-state index contributed by atoms with van der Waals surface area (Å²) in [6.45, 7) is 4.55. The average molecular weight is 162 g/mol. The van der Waals surface area contributed by atoms with E-state index in [2.05, 4.69) is 26.0 Å². The lowest BCUT2D eigenvalue weighted by molar-refractivity contribution is 0.403. The minimum absolute atomic E-state index is 0.365. The topological polar surface area (TPSA) is 9.23 Å². The molecule has 1 aromatic rings. The van der Waals surface area contributed by atoms with Gasteiger partial charge in [0, 0.05) is 0 Å². The summed E-state index contributed by atoms with van der Waals surface area (Å²) in [5, 5.41) is 0. The summed E-state index contributed by atoms with van der Waals surface area (Å²) in [5.74, 6) is 0.974. The highest BCUT2D eigenvalue weighted by atomic mass is 16.5. The van der Waals surface area contributed by atoms with E-state index in [-0.39, 0.29) is 0 Å². The fraction of sp³-hybridized carbons (Fsp3) is 0.455. The van der Waals surface area contributed by atoms with Crippen LogP contribution in [-0.2, 0) is 11.8 Å². The van der Waals surface area contributed by atoms with E-state index in [4.69, 9.17) is 4.74 Å². The first-order valence-electron chi connectivity index (χ1n) is 4.31. The molecule has 1 aromatic carbocycles. The van der Waals surface area contributed by atoms with Gasteiger partial charge in [0.1, 0.15) is 5.75 Å². The summed E-state index contributed by atoms with van der Waals surface area (Å²) >= 11 is 0. The van der Waals surface area contributed by atoms with Crippen LogP contribution in [0.1, 0.15) is 25.0 Å². The standard InChI is InChI=1S/C11H14O/c1-11(2)7-8-4-5-9(12-3)6-10(8)11/h4-6H,7H2,1-3H3. The molecule has 0 spiro atoms. The number of fused-ring (bicyclic) bond motifs is 1. The van der Waals surface area contributed by atoms with E-state index < -0.39 is 0 Å². The first-order chi connectivity index (χ1) is 5.63. The minimum Gasteiger partial charge on any atom is -0.497 e. The Morgan fingerprint density at radius 2 is 2.08 bits per heavy atom. The van der Waals surface area contributed by atoms with Crippen molar-refractivity contribution >= 4 is 0 Å². The first kappa shape index (κ1) is 7.66. The predicted octanol–water partition coefficient (Wildman–Crippen LogP) is 2.53. The largest absolute Gasteiger partial charge is 0.497 e. The molecule has 12 heavy (non-hydrogen) atoms. The Hall–Kier alpha value is -0.980. The Morgan fingerprint density at radius 3 is 2.67 bits per heavy atom. The second-order valence-corrected chi connectivity index (χ2v) is 4.08. The van der Waals surface area contributed by atoms with E-state index in [0.29, 0.717) is 5.41 Å². The molecule has 0 bridgehead atoms. The van der Waals surface area contributed by atoms with Crippen LogP contribution in [0, 0.1) is 0 Å². The fourth-order valence-corrected chi connectivity index (χ4v) is 1.93. The van der Waals surface area contributed by atoms with Crippen LogP contribution in [0.15, 0.2) is 18.2 Å². The number of benzene rings is 1. The first-order valence-corrected chi connectivity index (χ1v) is 4.31. The van der Waals surface area contributed by atoms with Gasteiger partial charge in [0.25, 0.3) is 0 Å². The van der Waals surface area contributed by atoms with Crippen LogP contribution in [0.2, 0.25) is 0 Å². The molecule has 1 nitrogen and oxygen atoms in total. The lowest BCUT2D eigenvalue weighted by Crippen LogP contribution is -2.32. The number of rotatable bonds is 1. The van der Waals surface area contributed by atoms with Crippen molar-refractivity contribution in [3.63, 3.8) is 0 Å². The van der Waals surface area contributed by atoms with E-state index in [9.17, 15) is 0 Å². The van der Waals surface area contributed by atoms with Crippen LogP contribution in [0.25, 0.3) is 0 Å². The quantitative estimate of drug-likeness (QED) is 0.616. The molecule has 0 fully saturated rings. The Balaban J connectivity index is 2.44. The highest BCUT2D eigenvalue weighted by Gasteiger charge is 2.33. The maximum Gasteiger partial charge on any atom is 0.119 e. The molecule has 0 unspecified atom stereocenters. The average Bonchev–Trinajstić information content (AvgIpc) is 2.03. The van der Waals surface area contributed by atoms with Crippen molar-refractivity contribution in [2.24, 2.45) is 0 Å². The van der Waals surface area contributed by atoms with Crippen molar-refractivity contribution in [2.45, 2.75) is 25.7 Å². The molecule has 0 atom stereocenters. The summed E-state index contributed by atoms with van der Waals surface area (Å²) in [6, 6.07) is 6.35. The van der Waals surface area contributed by atoms with E-state index in [1.807, 2.05) is 6.07 Å². The van der Waals surface area contributed by atoms with Crippen molar-refractivity contribution in [3.8, 4) is 5.75 Å². The molecule has 0 saturated heterocycles. The van der Waals surface area contributed by atoms with Crippen molar-refractivity contribution in [3.05, 3.63) is 29.3 Å². The van der Waals surface area contributed by atoms with Gasteiger partial charge in [0.05, 0.1) is 7.11 Å². The molecule has 0 saturated carbocycles. The number of hydrogen-bond donors (Lipinski definition) is 0. The molecule has 1 heteroatoms. The summed E-state index contributed by atoms with van der Waals surface area (Å²) in [6.07, 6.45) is 1.20. The Bertz CT molecular complexity index is 313. The van der Waals surface area contributed by atoms with Gasteiger partial charge in [-0.15, -0.1) is 0 Å². The highest BCUT2D eigenvalue weighted by Crippen LogP contribution is 2.41. The summed E-state index contributed by atoms with van der Waals surface area (Å²) in [7, 11) is 1.72. The molecule has 0 amide bonds. The zero-order chi connectivity index (χ0) is 8.77. The number of methoxy groups -OCH3 is 1. The third-order valence-corrected chi connectivity index (χ3v) is 2.68. The molecule has 0 N–H and O–H groups in total. The van der Waals surface area contributed by atoms with Crippen molar-refractivity contribution in [1.29, 1.82) is 0 Å². The molecular weight excluding hydrogens is 148 g/mol. The monoisotopic (exact) mass is 162 g/mol. The molecule has 1 aliphatic rings. The van der Waals surface area contributed by atoms with Gasteiger partial charge in [0.15, 0.2) is 0 Å². The highest BCUT2D eigenvalue weighted by molar-refractivity contribution is 5.47. The second kappa shape index (κ2) is 2.25. The summed E-state index contributed by atoms with van der Waals surface area (Å²) < 4.78 is 5.18. The molecular formula is C11H14O. The zero-order valence-corrected chi connectivity index (χ0v) is 7.85. The SMILES string of the molecule is COc1ccc2c(c1)C(C)(C)C2. The fourth-order valence-electron chi connectivity index (χ4n) is 1.93. The smallest absolute Gasteiger partial charge is 0.119 e. The van der Waals surface area contributed by atoms with E-state index >= 15 is 0 Å². The normalized spacial score (nSPS) is 17.9. The molecule has 1 aliphatic carbocycles. The van der Waals surface area contributed by atoms with Crippen LogP contribution < -0.4 is 4.74 Å². The van der Waals surface area contributed by atoms with Gasteiger partial charge in [-0.25, -0.2) is 0 Å². The maximum absolute atomic E-state index is 5.18. The lowest BCUT2D eigenvalue weighted by atomic mass is 9.67.